The molecule has 1 aromatic carbocycles. The van der Waals surface area contributed by atoms with Crippen molar-refractivity contribution in [3.8, 4) is 18.1 Å². The molecule has 0 aliphatic carbocycles. The minimum Gasteiger partial charge on any atom is -0.480 e. The molecule has 114 valence electrons. The Kier molecular flexibility index (Phi) is 5.58. The van der Waals surface area contributed by atoms with Crippen LogP contribution in [0.4, 0.5) is 0 Å². The molecule has 0 bridgehead atoms. The van der Waals surface area contributed by atoms with E-state index in [0.29, 0.717) is 23.1 Å². The molecule has 1 aliphatic heterocycles. The average Bonchev–Trinajstić information content (AvgIpc) is 2.74. The Labute approximate surface area is 143 Å². The Hall–Kier alpha value is -1.84. The first kappa shape index (κ1) is 16.5. The molecule has 4 nitrogen and oxygen atoms in total. The van der Waals surface area contributed by atoms with Gasteiger partial charge in [0.15, 0.2) is 5.11 Å². The Morgan fingerprint density at radius 3 is 3.00 bits per heavy atom. The third-order valence-electron chi connectivity index (χ3n) is 2.99. The molecule has 1 aromatic rings. The number of terminal acetylenes is 1. The first-order valence-electron chi connectivity index (χ1n) is 6.77. The van der Waals surface area contributed by atoms with E-state index in [4.69, 9.17) is 23.4 Å². The van der Waals surface area contributed by atoms with Gasteiger partial charge in [-0.1, -0.05) is 28.8 Å². The van der Waals surface area contributed by atoms with E-state index in [0.717, 1.165) is 16.5 Å². The van der Waals surface area contributed by atoms with Gasteiger partial charge in [0.2, 0.25) is 0 Å². The molecular formula is C16H15BrN2O2S. The first-order valence-corrected chi connectivity index (χ1v) is 7.97. The lowest BCUT2D eigenvalue weighted by Gasteiger charge is -2.11. The highest BCUT2D eigenvalue weighted by Crippen LogP contribution is 2.26. The van der Waals surface area contributed by atoms with Crippen LogP contribution in [0.25, 0.3) is 6.08 Å². The average molecular weight is 379 g/mol. The second-order valence-corrected chi connectivity index (χ2v) is 5.92. The van der Waals surface area contributed by atoms with Gasteiger partial charge in [0, 0.05) is 16.6 Å². The van der Waals surface area contributed by atoms with Crippen molar-refractivity contribution < 1.29 is 9.53 Å². The molecule has 0 aromatic heterocycles. The number of rotatable bonds is 5. The van der Waals surface area contributed by atoms with E-state index >= 15 is 0 Å². The molecule has 1 saturated heterocycles. The van der Waals surface area contributed by atoms with E-state index in [-0.39, 0.29) is 12.5 Å². The number of benzene rings is 1. The molecule has 2 rings (SSSR count). The van der Waals surface area contributed by atoms with Crippen LogP contribution in [-0.2, 0) is 4.79 Å². The largest absolute Gasteiger partial charge is 0.480 e. The molecule has 1 fully saturated rings. The maximum Gasteiger partial charge on any atom is 0.276 e. The predicted molar refractivity (Wildman–Crippen MR) is 94.2 cm³/mol. The van der Waals surface area contributed by atoms with Gasteiger partial charge < -0.3 is 10.1 Å². The predicted octanol–water partition coefficient (Wildman–Crippen LogP) is 2.93. The van der Waals surface area contributed by atoms with Crippen LogP contribution in [0.3, 0.4) is 0 Å². The summed E-state index contributed by atoms with van der Waals surface area (Å²) < 4.78 is 6.38. The molecule has 0 saturated carbocycles. The van der Waals surface area contributed by atoms with Crippen LogP contribution in [-0.4, -0.2) is 29.1 Å². The zero-order chi connectivity index (χ0) is 16.1. The van der Waals surface area contributed by atoms with Crippen molar-refractivity contribution in [2.45, 2.75) is 13.3 Å². The number of nitrogens with one attached hydrogen (secondary N) is 1. The summed E-state index contributed by atoms with van der Waals surface area (Å²) in [7, 11) is 0. The monoisotopic (exact) mass is 378 g/mol. The van der Waals surface area contributed by atoms with Gasteiger partial charge in [0.05, 0.1) is 0 Å². The van der Waals surface area contributed by atoms with E-state index in [9.17, 15) is 4.79 Å². The summed E-state index contributed by atoms with van der Waals surface area (Å²) in [6.07, 6.45) is 7.79. The van der Waals surface area contributed by atoms with Crippen LogP contribution >= 0.6 is 28.1 Å². The zero-order valence-electron chi connectivity index (χ0n) is 12.1. The van der Waals surface area contributed by atoms with Crippen molar-refractivity contribution in [2.24, 2.45) is 0 Å². The molecule has 1 heterocycles. The Morgan fingerprint density at radius 2 is 2.32 bits per heavy atom. The molecule has 0 atom stereocenters. The maximum atomic E-state index is 12.3. The highest BCUT2D eigenvalue weighted by atomic mass is 79.9. The van der Waals surface area contributed by atoms with Crippen molar-refractivity contribution in [1.29, 1.82) is 0 Å². The van der Waals surface area contributed by atoms with Gasteiger partial charge in [-0.15, -0.1) is 6.42 Å². The van der Waals surface area contributed by atoms with Crippen LogP contribution in [0.1, 0.15) is 18.9 Å². The summed E-state index contributed by atoms with van der Waals surface area (Å²) in [6, 6.07) is 5.51. The topological polar surface area (TPSA) is 41.6 Å². The molecule has 1 N–H and O–H groups in total. The van der Waals surface area contributed by atoms with Gasteiger partial charge in [0.1, 0.15) is 18.1 Å². The van der Waals surface area contributed by atoms with E-state index in [1.54, 1.807) is 17.0 Å². The summed E-state index contributed by atoms with van der Waals surface area (Å²) in [6.45, 7) is 2.76. The van der Waals surface area contributed by atoms with Crippen LogP contribution in [0.5, 0.6) is 5.75 Å². The lowest BCUT2D eigenvalue weighted by Crippen LogP contribution is -2.31. The number of nitrogens with zero attached hydrogens (tertiary/aromatic N) is 1. The second-order valence-electron chi connectivity index (χ2n) is 4.62. The SMILES string of the molecule is C#CCOc1ccc(Br)cc1/C=C1\NC(=S)N(CCC)C1=O. The molecule has 22 heavy (non-hydrogen) atoms. The van der Waals surface area contributed by atoms with Crippen LogP contribution in [0.2, 0.25) is 0 Å². The van der Waals surface area contributed by atoms with E-state index < -0.39 is 0 Å². The van der Waals surface area contributed by atoms with E-state index in [2.05, 4.69) is 27.2 Å². The fourth-order valence-electron chi connectivity index (χ4n) is 2.04. The lowest BCUT2D eigenvalue weighted by molar-refractivity contribution is -0.122. The van der Waals surface area contributed by atoms with Crippen molar-refractivity contribution in [1.82, 2.24) is 10.2 Å². The van der Waals surface area contributed by atoms with E-state index in [1.807, 2.05) is 19.1 Å². The molecule has 0 radical (unpaired) electrons. The fraction of sp³-hybridized carbons (Fsp3) is 0.250. The molecule has 1 aliphatic rings. The molecule has 0 spiro atoms. The number of ether oxygens (including phenoxy) is 1. The van der Waals surface area contributed by atoms with Crippen LogP contribution < -0.4 is 10.1 Å². The minimum atomic E-state index is -0.130. The quantitative estimate of drug-likeness (QED) is 0.485. The van der Waals surface area contributed by atoms with Gasteiger partial charge >= 0.3 is 0 Å². The third-order valence-corrected chi connectivity index (χ3v) is 3.81. The lowest BCUT2D eigenvalue weighted by atomic mass is 10.1. The standard InChI is InChI=1S/C16H15BrN2O2S/c1-3-7-19-15(20)13(18-16(19)22)10-11-9-12(17)5-6-14(11)21-8-4-2/h2,5-6,9-10H,3,7-8H2,1H3,(H,18,22)/b13-10-. The highest BCUT2D eigenvalue weighted by molar-refractivity contribution is 9.10. The first-order chi connectivity index (χ1) is 10.6. The van der Waals surface area contributed by atoms with Gasteiger partial charge in [-0.2, -0.15) is 0 Å². The van der Waals surface area contributed by atoms with Gasteiger partial charge in [0.25, 0.3) is 5.91 Å². The number of amides is 1. The van der Waals surface area contributed by atoms with Crippen molar-refractivity contribution >= 4 is 45.2 Å². The number of carbonyl (C=O) groups is 1. The minimum absolute atomic E-state index is 0.130. The molecule has 0 unspecified atom stereocenters. The van der Waals surface area contributed by atoms with Crippen molar-refractivity contribution in [3.63, 3.8) is 0 Å². The summed E-state index contributed by atoms with van der Waals surface area (Å²) in [5.74, 6) is 2.91. The number of thiocarbonyl (C=S) groups is 1. The number of carbonyl (C=O) groups excluding carboxylic acids is 1. The Morgan fingerprint density at radius 1 is 1.55 bits per heavy atom. The number of halogens is 1. The second kappa shape index (κ2) is 7.43. The fourth-order valence-corrected chi connectivity index (χ4v) is 2.70. The van der Waals surface area contributed by atoms with Crippen LogP contribution in [0.15, 0.2) is 28.4 Å². The van der Waals surface area contributed by atoms with Gasteiger partial charge in [-0.3, -0.25) is 9.69 Å². The molecular weight excluding hydrogens is 364 g/mol. The summed E-state index contributed by atoms with van der Waals surface area (Å²) in [5.41, 5.74) is 1.18. The van der Waals surface area contributed by atoms with Crippen molar-refractivity contribution in [3.05, 3.63) is 33.9 Å². The Bertz CT molecular complexity index is 679. The Balaban J connectivity index is 2.33. The smallest absolute Gasteiger partial charge is 0.276 e. The van der Waals surface area contributed by atoms with E-state index in [1.165, 1.54) is 0 Å². The van der Waals surface area contributed by atoms with Crippen LogP contribution in [0, 0.1) is 12.3 Å². The number of hydrogen-bond donors (Lipinski definition) is 1. The molecule has 1 amide bonds. The zero-order valence-corrected chi connectivity index (χ0v) is 14.5. The van der Waals surface area contributed by atoms with Gasteiger partial charge in [-0.25, -0.2) is 0 Å². The summed E-state index contributed by atoms with van der Waals surface area (Å²) >= 11 is 8.60. The van der Waals surface area contributed by atoms with Crippen molar-refractivity contribution in [2.75, 3.05) is 13.2 Å². The number of hydrogen-bond acceptors (Lipinski definition) is 3. The normalized spacial score (nSPS) is 15.9. The molecule has 6 heteroatoms. The maximum absolute atomic E-state index is 12.3. The third kappa shape index (κ3) is 3.67. The summed E-state index contributed by atoms with van der Waals surface area (Å²) in [4.78, 5) is 13.9. The van der Waals surface area contributed by atoms with Gasteiger partial charge in [-0.05, 0) is 42.9 Å². The summed E-state index contributed by atoms with van der Waals surface area (Å²) in [5, 5.41) is 3.38. The highest BCUT2D eigenvalue weighted by Gasteiger charge is 2.29.